The minimum Gasteiger partial charge on any atom is -0.238 e. The molecule has 0 spiro atoms. The quantitative estimate of drug-likeness (QED) is 0.639. The van der Waals surface area contributed by atoms with Crippen molar-refractivity contribution in [2.45, 2.75) is 19.5 Å². The number of aryl methyl sites for hydroxylation is 1. The van der Waals surface area contributed by atoms with Crippen LogP contribution < -0.4 is 0 Å². The normalized spacial score (nSPS) is 11.2. The fourth-order valence-corrected chi connectivity index (χ4v) is 2.00. The molecule has 2 aromatic rings. The van der Waals surface area contributed by atoms with Crippen molar-refractivity contribution in [2.75, 3.05) is 0 Å². The van der Waals surface area contributed by atoms with E-state index < -0.39 is 11.7 Å². The first kappa shape index (κ1) is 14.1. The molecule has 0 atom stereocenters. The van der Waals surface area contributed by atoms with Gasteiger partial charge in [-0.15, -0.1) is 0 Å². The first-order valence-electron chi connectivity index (χ1n) is 6.13. The third-order valence-electron chi connectivity index (χ3n) is 3.13. The number of hydrogen-bond acceptors (Lipinski definition) is 0. The van der Waals surface area contributed by atoms with Crippen LogP contribution >= 0.6 is 0 Å². The average Bonchev–Trinajstić information content (AvgIpc) is 2.45. The Hall–Kier alpha value is -2.28. The molecule has 0 aliphatic carbocycles. The number of alkyl halides is 3. The van der Waals surface area contributed by atoms with E-state index in [1.807, 2.05) is 19.1 Å². The summed E-state index contributed by atoms with van der Waals surface area (Å²) in [5.74, 6) is 0. The summed E-state index contributed by atoms with van der Waals surface area (Å²) in [5, 5.41) is 0. The van der Waals surface area contributed by atoms with Gasteiger partial charge >= 0.3 is 6.18 Å². The molecule has 0 unspecified atom stereocenters. The van der Waals surface area contributed by atoms with Crippen LogP contribution in [0.3, 0.4) is 0 Å². The second-order valence-corrected chi connectivity index (χ2v) is 4.38. The Bertz CT molecular complexity index is 649. The Kier molecular flexibility index (Phi) is 3.80. The zero-order valence-corrected chi connectivity index (χ0v) is 10.8. The lowest BCUT2D eigenvalue weighted by molar-refractivity contribution is -0.137. The van der Waals surface area contributed by atoms with Crippen LogP contribution in [0.1, 0.15) is 18.1 Å². The smallest absolute Gasteiger partial charge is 0.238 e. The maximum atomic E-state index is 12.5. The Balaban J connectivity index is 2.40. The Morgan fingerprint density at radius 1 is 1.00 bits per heavy atom. The zero-order valence-electron chi connectivity index (χ0n) is 10.8. The zero-order chi connectivity index (χ0) is 14.8. The maximum Gasteiger partial charge on any atom is 0.416 e. The van der Waals surface area contributed by atoms with E-state index in [2.05, 4.69) is 4.85 Å². The highest BCUT2D eigenvalue weighted by Gasteiger charge is 2.29. The fraction of sp³-hybridized carbons (Fsp3) is 0.188. The first-order valence-corrected chi connectivity index (χ1v) is 6.13. The van der Waals surface area contributed by atoms with Gasteiger partial charge in [-0.05, 0) is 41.3 Å². The minimum absolute atomic E-state index is 0.546. The van der Waals surface area contributed by atoms with E-state index in [-0.39, 0.29) is 0 Å². The van der Waals surface area contributed by atoms with E-state index in [1.54, 1.807) is 6.07 Å². The summed E-state index contributed by atoms with van der Waals surface area (Å²) in [6, 6.07) is 10.4. The topological polar surface area (TPSA) is 4.36 Å². The van der Waals surface area contributed by atoms with Gasteiger partial charge in [0, 0.05) is 0 Å². The number of halogens is 3. The molecule has 0 aromatic heterocycles. The van der Waals surface area contributed by atoms with Crippen molar-refractivity contribution in [1.29, 1.82) is 0 Å². The Labute approximate surface area is 115 Å². The van der Waals surface area contributed by atoms with Gasteiger partial charge in [-0.1, -0.05) is 31.2 Å². The molecule has 0 saturated heterocycles. The van der Waals surface area contributed by atoms with Crippen molar-refractivity contribution in [3.63, 3.8) is 0 Å². The fourth-order valence-electron chi connectivity index (χ4n) is 2.00. The molecule has 0 radical (unpaired) electrons. The van der Waals surface area contributed by atoms with Crippen LogP contribution in [0.25, 0.3) is 16.0 Å². The summed E-state index contributed by atoms with van der Waals surface area (Å²) in [5.41, 5.74) is 2.24. The number of nitrogens with zero attached hydrogens (tertiary/aromatic N) is 1. The molecule has 0 bridgehead atoms. The highest BCUT2D eigenvalue weighted by molar-refractivity contribution is 5.70. The molecule has 0 fully saturated rings. The molecule has 2 rings (SSSR count). The van der Waals surface area contributed by atoms with Crippen LogP contribution in [-0.4, -0.2) is 0 Å². The molecule has 0 aliphatic heterocycles. The highest BCUT2D eigenvalue weighted by Crippen LogP contribution is 2.32. The van der Waals surface area contributed by atoms with Crippen LogP contribution in [0.2, 0.25) is 0 Å². The predicted octanol–water partition coefficient (Wildman–Crippen LogP) is 5.49. The van der Waals surface area contributed by atoms with Crippen molar-refractivity contribution in [2.24, 2.45) is 0 Å². The van der Waals surface area contributed by atoms with E-state index in [1.165, 1.54) is 12.1 Å². The number of benzene rings is 2. The molecular weight excluding hydrogens is 263 g/mol. The van der Waals surface area contributed by atoms with Crippen LogP contribution in [0.15, 0.2) is 42.5 Å². The molecule has 0 aliphatic rings. The molecule has 0 saturated carbocycles. The molecule has 0 amide bonds. The van der Waals surface area contributed by atoms with Gasteiger partial charge in [-0.25, -0.2) is 4.85 Å². The van der Waals surface area contributed by atoms with Gasteiger partial charge in [0.25, 0.3) is 0 Å². The summed E-state index contributed by atoms with van der Waals surface area (Å²) < 4.78 is 37.5. The molecule has 0 N–H and O–H groups in total. The lowest BCUT2D eigenvalue weighted by Crippen LogP contribution is -2.03. The Morgan fingerprint density at radius 2 is 1.60 bits per heavy atom. The van der Waals surface area contributed by atoms with Crippen LogP contribution in [0.4, 0.5) is 18.9 Å². The lowest BCUT2D eigenvalue weighted by atomic mass is 10.0. The van der Waals surface area contributed by atoms with Crippen LogP contribution in [0.5, 0.6) is 0 Å². The van der Waals surface area contributed by atoms with Crippen LogP contribution in [-0.2, 0) is 12.6 Å². The van der Waals surface area contributed by atoms with Gasteiger partial charge in [0.15, 0.2) is 5.69 Å². The number of hydrogen-bond donors (Lipinski definition) is 0. The van der Waals surface area contributed by atoms with Crippen LogP contribution in [0, 0.1) is 6.57 Å². The van der Waals surface area contributed by atoms with Crippen molar-refractivity contribution >= 4 is 5.69 Å². The van der Waals surface area contributed by atoms with Gasteiger partial charge in [0.2, 0.25) is 0 Å². The van der Waals surface area contributed by atoms with E-state index >= 15 is 0 Å². The van der Waals surface area contributed by atoms with E-state index in [0.29, 0.717) is 11.3 Å². The molecule has 102 valence electrons. The number of rotatable bonds is 2. The molecule has 2 aromatic carbocycles. The summed E-state index contributed by atoms with van der Waals surface area (Å²) in [6.07, 6.45) is -3.57. The highest BCUT2D eigenvalue weighted by atomic mass is 19.4. The summed E-state index contributed by atoms with van der Waals surface area (Å²) in [7, 11) is 0. The summed E-state index contributed by atoms with van der Waals surface area (Å²) in [4.78, 5) is 3.45. The van der Waals surface area contributed by atoms with Gasteiger partial charge in [-0.3, -0.25) is 0 Å². The molecule has 20 heavy (non-hydrogen) atoms. The first-order chi connectivity index (χ1) is 9.45. The van der Waals surface area contributed by atoms with Gasteiger partial charge in [0.05, 0.1) is 12.1 Å². The van der Waals surface area contributed by atoms with E-state index in [9.17, 15) is 13.2 Å². The third-order valence-corrected chi connectivity index (χ3v) is 3.13. The minimum atomic E-state index is -4.33. The second-order valence-electron chi connectivity index (χ2n) is 4.38. The predicted molar refractivity (Wildman–Crippen MR) is 72.5 cm³/mol. The van der Waals surface area contributed by atoms with Crippen molar-refractivity contribution in [3.05, 3.63) is 65.0 Å². The monoisotopic (exact) mass is 275 g/mol. The third kappa shape index (κ3) is 2.83. The largest absolute Gasteiger partial charge is 0.416 e. The lowest BCUT2D eigenvalue weighted by Gasteiger charge is -2.09. The van der Waals surface area contributed by atoms with Crippen molar-refractivity contribution in [1.82, 2.24) is 0 Å². The standard InChI is InChI=1S/C16H12F3N/c1-3-11-4-5-13(10-15(11)20-2)12-6-8-14(9-7-12)16(17,18)19/h4-10H,3H2,1H3. The SMILES string of the molecule is [C-]#[N+]c1cc(-c2ccc(C(F)(F)F)cc2)ccc1CC. The van der Waals surface area contributed by atoms with E-state index in [4.69, 9.17) is 6.57 Å². The molecule has 4 heteroatoms. The average molecular weight is 275 g/mol. The Morgan fingerprint density at radius 3 is 2.10 bits per heavy atom. The summed E-state index contributed by atoms with van der Waals surface area (Å²) in [6.45, 7) is 9.10. The van der Waals surface area contributed by atoms with Gasteiger partial charge in [-0.2, -0.15) is 13.2 Å². The second kappa shape index (κ2) is 5.38. The maximum absolute atomic E-state index is 12.5. The van der Waals surface area contributed by atoms with Gasteiger partial charge < -0.3 is 0 Å². The van der Waals surface area contributed by atoms with Crippen molar-refractivity contribution in [3.8, 4) is 11.1 Å². The molecule has 0 heterocycles. The molecular formula is C16H12F3N. The van der Waals surface area contributed by atoms with Gasteiger partial charge in [0.1, 0.15) is 0 Å². The summed E-state index contributed by atoms with van der Waals surface area (Å²) >= 11 is 0. The van der Waals surface area contributed by atoms with E-state index in [0.717, 1.165) is 29.7 Å². The molecule has 1 nitrogen and oxygen atoms in total. The van der Waals surface area contributed by atoms with Crippen molar-refractivity contribution < 1.29 is 13.2 Å².